The van der Waals surface area contributed by atoms with E-state index in [0.717, 1.165) is 35.0 Å². The zero-order valence-electron chi connectivity index (χ0n) is 20.0. The summed E-state index contributed by atoms with van der Waals surface area (Å²) in [5, 5.41) is 2.07. The number of nitrogens with zero attached hydrogens (tertiary/aromatic N) is 2. The van der Waals surface area contributed by atoms with Crippen LogP contribution in [0.2, 0.25) is 0 Å². The Hall–Kier alpha value is -3.66. The van der Waals surface area contributed by atoms with Crippen LogP contribution in [0.4, 0.5) is 28.9 Å². The van der Waals surface area contributed by atoms with Crippen LogP contribution in [-0.2, 0) is 22.3 Å². The molecule has 3 aromatic carbocycles. The van der Waals surface area contributed by atoms with Crippen molar-refractivity contribution in [3.63, 3.8) is 0 Å². The Morgan fingerprint density at radius 3 is 2.49 bits per heavy atom. The molecule has 1 fully saturated rings. The van der Waals surface area contributed by atoms with Gasteiger partial charge in [-0.2, -0.15) is 13.2 Å². The summed E-state index contributed by atoms with van der Waals surface area (Å²) < 4.78 is 53.1. The quantitative estimate of drug-likeness (QED) is 0.378. The highest BCUT2D eigenvalue weighted by Crippen LogP contribution is 2.34. The first-order valence-corrected chi connectivity index (χ1v) is 12.2. The second-order valence-corrected chi connectivity index (χ2v) is 9.84. The number of nitrogens with one attached hydrogen (secondary N) is 1. The molecule has 5 nitrogen and oxygen atoms in total. The van der Waals surface area contributed by atoms with Gasteiger partial charge in [-0.1, -0.05) is 47.7 Å². The second-order valence-electron chi connectivity index (χ2n) is 8.67. The van der Waals surface area contributed by atoms with Crippen molar-refractivity contribution >= 4 is 40.1 Å². The molecule has 0 aromatic heterocycles. The predicted molar refractivity (Wildman–Crippen MR) is 136 cm³/mol. The molecule has 192 valence electrons. The lowest BCUT2D eigenvalue weighted by Gasteiger charge is -2.32. The van der Waals surface area contributed by atoms with Crippen LogP contribution in [0.5, 0.6) is 0 Å². The maximum absolute atomic E-state index is 13.4. The molecule has 4 rings (SSSR count). The highest BCUT2D eigenvalue weighted by molar-refractivity contribution is 8.15. The van der Waals surface area contributed by atoms with Gasteiger partial charge in [-0.25, -0.2) is 9.38 Å². The number of aryl methyl sites for hydroxylation is 2. The molecule has 37 heavy (non-hydrogen) atoms. The Morgan fingerprint density at radius 2 is 1.81 bits per heavy atom. The van der Waals surface area contributed by atoms with Crippen LogP contribution in [0.3, 0.4) is 0 Å². The second kappa shape index (κ2) is 10.8. The molecule has 1 aliphatic rings. The average molecular weight is 530 g/mol. The van der Waals surface area contributed by atoms with Crippen LogP contribution in [-0.4, -0.2) is 27.1 Å². The molecule has 0 radical (unpaired) electrons. The molecular formula is C27H23F4N3O2S. The summed E-state index contributed by atoms with van der Waals surface area (Å²) >= 11 is 0.998. The third-order valence-electron chi connectivity index (χ3n) is 5.72. The molecule has 2 amide bonds. The van der Waals surface area contributed by atoms with E-state index < -0.39 is 34.6 Å². The van der Waals surface area contributed by atoms with Crippen LogP contribution in [0.25, 0.3) is 0 Å². The van der Waals surface area contributed by atoms with Crippen molar-refractivity contribution in [1.82, 2.24) is 4.90 Å². The zero-order chi connectivity index (χ0) is 26.7. The first-order chi connectivity index (χ1) is 17.5. The zero-order valence-corrected chi connectivity index (χ0v) is 20.8. The first kappa shape index (κ1) is 26.4. The largest absolute Gasteiger partial charge is 0.416 e. The summed E-state index contributed by atoms with van der Waals surface area (Å²) in [6, 6.07) is 15.5. The van der Waals surface area contributed by atoms with Gasteiger partial charge in [-0.3, -0.25) is 14.5 Å². The minimum atomic E-state index is -4.56. The van der Waals surface area contributed by atoms with Gasteiger partial charge >= 0.3 is 6.18 Å². The maximum Gasteiger partial charge on any atom is 0.416 e. The number of carbonyl (C=O) groups is 2. The standard InChI is InChI=1S/C27H23F4N3O2S/c1-16-6-11-22(17(2)12-16)33-25(36)23-14-24(35)34(15-18-7-9-20(28)10-8-18)26(37-23)32-21-5-3-4-19(13-21)27(29,30)31/h3-13,23H,14-15H2,1-2H3,(H,33,36). The van der Waals surface area contributed by atoms with E-state index in [-0.39, 0.29) is 23.8 Å². The van der Waals surface area contributed by atoms with E-state index in [9.17, 15) is 27.2 Å². The number of aliphatic imine (C=N–C) groups is 1. The normalized spacial score (nSPS) is 17.2. The van der Waals surface area contributed by atoms with Crippen LogP contribution in [0.15, 0.2) is 71.7 Å². The fourth-order valence-corrected chi connectivity index (χ4v) is 4.90. The molecule has 1 atom stereocenters. The molecule has 3 aromatic rings. The van der Waals surface area contributed by atoms with E-state index in [0.29, 0.717) is 11.3 Å². The molecule has 1 N–H and O–H groups in total. The number of amidine groups is 1. The predicted octanol–water partition coefficient (Wildman–Crippen LogP) is 6.62. The minimum absolute atomic E-state index is 0.00957. The SMILES string of the molecule is Cc1ccc(NC(=O)C2CC(=O)N(Cc3ccc(F)cc3)C(=Nc3cccc(C(F)(F)F)c3)S2)c(C)c1. The Labute approximate surface area is 215 Å². The number of hydrogen-bond donors (Lipinski definition) is 1. The minimum Gasteiger partial charge on any atom is -0.325 e. The van der Waals surface area contributed by atoms with Gasteiger partial charge in [0.05, 0.1) is 17.8 Å². The van der Waals surface area contributed by atoms with Crippen molar-refractivity contribution in [2.75, 3.05) is 5.32 Å². The lowest BCUT2D eigenvalue weighted by atomic mass is 10.1. The number of hydrogen-bond acceptors (Lipinski definition) is 4. The van der Waals surface area contributed by atoms with Crippen molar-refractivity contribution in [3.05, 3.63) is 94.8 Å². The molecule has 0 aliphatic carbocycles. The molecular weight excluding hydrogens is 506 g/mol. The third kappa shape index (κ3) is 6.56. The molecule has 10 heteroatoms. The maximum atomic E-state index is 13.4. The topological polar surface area (TPSA) is 61.8 Å². The third-order valence-corrected chi connectivity index (χ3v) is 6.91. The van der Waals surface area contributed by atoms with Gasteiger partial charge in [-0.15, -0.1) is 0 Å². The number of amides is 2. The lowest BCUT2D eigenvalue weighted by molar-refractivity contribution is -0.137. The van der Waals surface area contributed by atoms with Crippen LogP contribution in [0, 0.1) is 19.7 Å². The number of anilines is 1. The molecule has 1 heterocycles. The molecule has 1 aliphatic heterocycles. The van der Waals surface area contributed by atoms with Crippen molar-refractivity contribution < 1.29 is 27.2 Å². The van der Waals surface area contributed by atoms with Crippen molar-refractivity contribution in [2.45, 2.75) is 38.2 Å². The molecule has 1 unspecified atom stereocenters. The van der Waals surface area contributed by atoms with Gasteiger partial charge in [0.1, 0.15) is 11.1 Å². The van der Waals surface area contributed by atoms with Gasteiger partial charge in [0, 0.05) is 12.1 Å². The Morgan fingerprint density at radius 1 is 1.08 bits per heavy atom. The van der Waals surface area contributed by atoms with E-state index in [2.05, 4.69) is 10.3 Å². The fraction of sp³-hybridized carbons (Fsp3) is 0.222. The number of halogens is 4. The van der Waals surface area contributed by atoms with Crippen molar-refractivity contribution in [1.29, 1.82) is 0 Å². The summed E-state index contributed by atoms with van der Waals surface area (Å²) in [6.45, 7) is 3.81. The van der Waals surface area contributed by atoms with E-state index in [1.54, 1.807) is 6.07 Å². The van der Waals surface area contributed by atoms with Gasteiger partial charge in [0.25, 0.3) is 0 Å². The Balaban J connectivity index is 1.65. The molecule has 0 bridgehead atoms. The van der Waals surface area contributed by atoms with Gasteiger partial charge in [-0.05, 0) is 61.4 Å². The van der Waals surface area contributed by atoms with Gasteiger partial charge < -0.3 is 5.32 Å². The number of alkyl halides is 3. The number of thioether (sulfide) groups is 1. The van der Waals surface area contributed by atoms with Crippen LogP contribution in [0.1, 0.15) is 28.7 Å². The smallest absolute Gasteiger partial charge is 0.325 e. The van der Waals surface area contributed by atoms with Gasteiger partial charge in [0.2, 0.25) is 11.8 Å². The fourth-order valence-electron chi connectivity index (χ4n) is 3.80. The lowest BCUT2D eigenvalue weighted by Crippen LogP contribution is -2.44. The highest BCUT2D eigenvalue weighted by atomic mass is 32.2. The number of rotatable bonds is 5. The van der Waals surface area contributed by atoms with Crippen LogP contribution >= 0.6 is 11.8 Å². The number of benzene rings is 3. The Bertz CT molecular complexity index is 1360. The summed E-state index contributed by atoms with van der Waals surface area (Å²) in [5.74, 6) is -1.28. The van der Waals surface area contributed by atoms with Crippen molar-refractivity contribution in [2.24, 2.45) is 4.99 Å². The first-order valence-electron chi connectivity index (χ1n) is 11.3. The molecule has 0 saturated carbocycles. The van der Waals surface area contributed by atoms with Gasteiger partial charge in [0.15, 0.2) is 5.17 Å². The van der Waals surface area contributed by atoms with E-state index in [1.165, 1.54) is 41.3 Å². The highest BCUT2D eigenvalue weighted by Gasteiger charge is 2.36. The summed E-state index contributed by atoms with van der Waals surface area (Å²) in [5.41, 5.74) is 2.21. The van der Waals surface area contributed by atoms with E-state index in [1.807, 2.05) is 26.0 Å². The van der Waals surface area contributed by atoms with Crippen molar-refractivity contribution in [3.8, 4) is 0 Å². The summed E-state index contributed by atoms with van der Waals surface area (Å²) in [4.78, 5) is 31.9. The Kier molecular flexibility index (Phi) is 7.68. The van der Waals surface area contributed by atoms with E-state index >= 15 is 0 Å². The van der Waals surface area contributed by atoms with E-state index in [4.69, 9.17) is 0 Å². The average Bonchev–Trinajstić information content (AvgIpc) is 2.83. The molecule has 1 saturated heterocycles. The monoisotopic (exact) mass is 529 g/mol. The summed E-state index contributed by atoms with van der Waals surface area (Å²) in [6.07, 6.45) is -4.70. The number of carbonyl (C=O) groups excluding carboxylic acids is 2. The summed E-state index contributed by atoms with van der Waals surface area (Å²) in [7, 11) is 0. The molecule has 0 spiro atoms. The van der Waals surface area contributed by atoms with Crippen LogP contribution < -0.4 is 5.32 Å².